The predicted octanol–water partition coefficient (Wildman–Crippen LogP) is 26.0. The number of carbonyl (C=O) groups excluding carboxylic acids is 2. The highest BCUT2D eigenvalue weighted by Gasteiger charge is 2.22. The SMILES string of the molecule is CC/C=C\C/C=C\C/C=C\C/C=C\C/C=C\C/C=C\C/C=C\CCCCCCCCCCCCCCCCCCCC(=O)OC(COC(=O)CCCCCCCCCCCCCCCCCCCCC/C=C\CCCCCCCCCC)COP(=O)([O-])OCC[N+](C)(C)C. The van der Waals surface area contributed by atoms with Crippen LogP contribution in [0.1, 0.15) is 373 Å². The van der Waals surface area contributed by atoms with Crippen molar-refractivity contribution in [2.75, 3.05) is 47.5 Å². The van der Waals surface area contributed by atoms with Crippen molar-refractivity contribution in [3.63, 3.8) is 0 Å². The lowest BCUT2D eigenvalue weighted by molar-refractivity contribution is -0.870. The lowest BCUT2D eigenvalue weighted by atomic mass is 10.0. The van der Waals surface area contributed by atoms with Crippen LogP contribution in [0.4, 0.5) is 0 Å². The molecule has 0 aliphatic carbocycles. The summed E-state index contributed by atoms with van der Waals surface area (Å²) in [6.45, 7) is 4.18. The van der Waals surface area contributed by atoms with Gasteiger partial charge in [-0.1, -0.05) is 361 Å². The third-order valence-electron chi connectivity index (χ3n) is 17.6. The molecule has 0 rings (SSSR count). The Hall–Kier alpha value is -3.07. The number of nitrogens with zero attached hydrogens (tertiary/aromatic N) is 1. The molecule has 0 saturated carbocycles. The van der Waals surface area contributed by atoms with Gasteiger partial charge in [0.2, 0.25) is 0 Å². The molecule has 94 heavy (non-hydrogen) atoms. The van der Waals surface area contributed by atoms with Crippen LogP contribution in [0.5, 0.6) is 0 Å². The molecule has 0 saturated heterocycles. The zero-order valence-electron chi connectivity index (χ0n) is 62.4. The molecule has 0 radical (unpaired) electrons. The van der Waals surface area contributed by atoms with E-state index in [0.717, 1.165) is 83.5 Å². The zero-order valence-corrected chi connectivity index (χ0v) is 63.3. The van der Waals surface area contributed by atoms with E-state index in [0.29, 0.717) is 17.4 Å². The highest BCUT2D eigenvalue weighted by molar-refractivity contribution is 7.45. The lowest BCUT2D eigenvalue weighted by Crippen LogP contribution is -2.37. The summed E-state index contributed by atoms with van der Waals surface area (Å²) < 4.78 is 34.4. The van der Waals surface area contributed by atoms with Crippen molar-refractivity contribution in [1.29, 1.82) is 0 Å². The van der Waals surface area contributed by atoms with Gasteiger partial charge in [-0.2, -0.15) is 0 Å². The fraction of sp³-hybridized carbons (Fsp3) is 0.786. The van der Waals surface area contributed by atoms with Crippen molar-refractivity contribution in [1.82, 2.24) is 0 Å². The highest BCUT2D eigenvalue weighted by atomic mass is 31.2. The Bertz CT molecular complexity index is 1910. The van der Waals surface area contributed by atoms with E-state index in [1.807, 2.05) is 21.1 Å². The second-order valence-corrected chi connectivity index (χ2v) is 29.5. The number of phosphoric ester groups is 1. The van der Waals surface area contributed by atoms with E-state index in [2.05, 4.69) is 111 Å². The Balaban J connectivity index is 3.95. The van der Waals surface area contributed by atoms with Crippen LogP contribution in [-0.4, -0.2) is 70.0 Å². The zero-order chi connectivity index (χ0) is 68.3. The van der Waals surface area contributed by atoms with Crippen LogP contribution in [0, 0.1) is 0 Å². The van der Waals surface area contributed by atoms with E-state index in [1.165, 1.54) is 257 Å². The summed E-state index contributed by atoms with van der Waals surface area (Å²) in [6, 6.07) is 0. The molecule has 0 aromatic heterocycles. The number of unbranched alkanes of at least 4 members (excludes halogenated alkanes) is 44. The number of likely N-dealkylation sites (N-methyl/N-ethyl adjacent to an activating group) is 1. The van der Waals surface area contributed by atoms with Gasteiger partial charge in [-0.25, -0.2) is 0 Å². The summed E-state index contributed by atoms with van der Waals surface area (Å²) in [4.78, 5) is 38.2. The van der Waals surface area contributed by atoms with E-state index in [4.69, 9.17) is 18.5 Å². The number of esters is 2. The van der Waals surface area contributed by atoms with Gasteiger partial charge < -0.3 is 27.9 Å². The molecule has 0 aliphatic heterocycles. The van der Waals surface area contributed by atoms with Crippen LogP contribution >= 0.6 is 7.82 Å². The van der Waals surface area contributed by atoms with E-state index in [-0.39, 0.29) is 32.0 Å². The van der Waals surface area contributed by atoms with E-state index in [9.17, 15) is 19.0 Å². The third kappa shape index (κ3) is 77.9. The summed E-state index contributed by atoms with van der Waals surface area (Å²) in [7, 11) is 1.18. The molecular formula is C84H152NO8P. The van der Waals surface area contributed by atoms with E-state index >= 15 is 0 Å². The predicted molar refractivity (Wildman–Crippen MR) is 406 cm³/mol. The molecule has 10 heteroatoms. The lowest BCUT2D eigenvalue weighted by Gasteiger charge is -2.28. The number of hydrogen-bond acceptors (Lipinski definition) is 8. The van der Waals surface area contributed by atoms with Crippen molar-refractivity contribution in [2.45, 2.75) is 380 Å². The summed E-state index contributed by atoms with van der Waals surface area (Å²) in [6.07, 6.45) is 104. The maximum absolute atomic E-state index is 12.9. The van der Waals surface area contributed by atoms with Crippen molar-refractivity contribution in [3.8, 4) is 0 Å². The second-order valence-electron chi connectivity index (χ2n) is 28.0. The first kappa shape index (κ1) is 90.9. The van der Waals surface area contributed by atoms with Crippen molar-refractivity contribution >= 4 is 19.8 Å². The maximum atomic E-state index is 12.9. The average Bonchev–Trinajstić information content (AvgIpc) is 1.56. The Labute approximate surface area is 583 Å². The first-order valence-electron chi connectivity index (χ1n) is 39.9. The van der Waals surface area contributed by atoms with Crippen LogP contribution in [0.25, 0.3) is 0 Å². The van der Waals surface area contributed by atoms with Crippen LogP contribution < -0.4 is 4.89 Å². The molecule has 2 unspecified atom stereocenters. The largest absolute Gasteiger partial charge is 0.756 e. The number of phosphoric acid groups is 1. The van der Waals surface area contributed by atoms with Crippen LogP contribution in [0.15, 0.2) is 97.2 Å². The molecular weight excluding hydrogens is 1180 g/mol. The van der Waals surface area contributed by atoms with Gasteiger partial charge in [0.25, 0.3) is 7.82 Å². The number of rotatable bonds is 74. The monoisotopic (exact) mass is 1330 g/mol. The van der Waals surface area contributed by atoms with Crippen LogP contribution in [0.3, 0.4) is 0 Å². The summed E-state index contributed by atoms with van der Waals surface area (Å²) in [5, 5.41) is 0. The molecule has 0 spiro atoms. The molecule has 0 bridgehead atoms. The fourth-order valence-electron chi connectivity index (χ4n) is 11.5. The van der Waals surface area contributed by atoms with Gasteiger partial charge in [0.05, 0.1) is 27.7 Å². The number of allylic oxidation sites excluding steroid dienone is 16. The Morgan fingerprint density at radius 3 is 0.915 bits per heavy atom. The smallest absolute Gasteiger partial charge is 0.306 e. The standard InChI is InChI=1S/C84H152NO8P/c1-6-8-10-12-14-16-18-20-22-24-26-28-30-32-34-36-38-39-40-41-42-43-44-45-47-49-51-53-55-57-59-61-63-65-67-69-71-73-75-77-84(87)93-82(81-92-94(88,89)91-79-78-85(3,4)5)80-90-83(86)76-74-72-70-68-66-64-62-60-58-56-54-52-50-48-46-37-35-33-31-29-27-25-23-21-19-17-15-13-11-9-7-2/h8,10,14,16,20,22,25-28,32,34,38-39,41-42,82H,6-7,9,11-13,15,17-19,21,23-24,29-31,33,35-37,40,43-81H2,1-5H3/b10-8-,16-14-,22-20-,27-25-,28-26-,34-32-,39-38-,42-41-. The number of quaternary nitrogens is 1. The first-order chi connectivity index (χ1) is 46.0. The second kappa shape index (κ2) is 74.2. The average molecular weight is 1340 g/mol. The molecule has 0 N–H and O–H groups in total. The third-order valence-corrected chi connectivity index (χ3v) is 18.6. The topological polar surface area (TPSA) is 111 Å². The van der Waals surface area contributed by atoms with Gasteiger partial charge in [0.15, 0.2) is 6.10 Å². The molecule has 0 amide bonds. The maximum Gasteiger partial charge on any atom is 0.306 e. The van der Waals surface area contributed by atoms with E-state index in [1.54, 1.807) is 0 Å². The molecule has 0 heterocycles. The quantitative estimate of drug-likeness (QED) is 0.0195. The molecule has 0 fully saturated rings. The van der Waals surface area contributed by atoms with Gasteiger partial charge in [-0.05, 0) is 96.3 Å². The van der Waals surface area contributed by atoms with Crippen LogP contribution in [0.2, 0.25) is 0 Å². The highest BCUT2D eigenvalue weighted by Crippen LogP contribution is 2.38. The Kier molecular flexibility index (Phi) is 71.7. The molecule has 9 nitrogen and oxygen atoms in total. The molecule has 0 aliphatic rings. The summed E-state index contributed by atoms with van der Waals surface area (Å²) >= 11 is 0. The molecule has 0 aromatic rings. The minimum Gasteiger partial charge on any atom is -0.756 e. The first-order valence-corrected chi connectivity index (χ1v) is 41.4. The van der Waals surface area contributed by atoms with Crippen molar-refractivity contribution in [3.05, 3.63) is 97.2 Å². The molecule has 2 atom stereocenters. The van der Waals surface area contributed by atoms with Crippen molar-refractivity contribution < 1.29 is 42.1 Å². The van der Waals surface area contributed by atoms with Gasteiger partial charge in [-0.3, -0.25) is 14.2 Å². The number of ether oxygens (including phenoxy) is 2. The molecule has 546 valence electrons. The van der Waals surface area contributed by atoms with Gasteiger partial charge in [-0.15, -0.1) is 0 Å². The summed E-state index contributed by atoms with van der Waals surface area (Å²) in [5.41, 5.74) is 0. The minimum atomic E-state index is -4.65. The molecule has 0 aromatic carbocycles. The minimum absolute atomic E-state index is 0.0310. The number of hydrogen-bond donors (Lipinski definition) is 0. The summed E-state index contributed by atoms with van der Waals surface area (Å²) in [5.74, 6) is -0.817. The Morgan fingerprint density at radius 2 is 0.606 bits per heavy atom. The Morgan fingerprint density at radius 1 is 0.340 bits per heavy atom. The van der Waals surface area contributed by atoms with Gasteiger partial charge in [0.1, 0.15) is 19.8 Å². The normalized spacial score (nSPS) is 13.6. The number of carbonyl (C=O) groups is 2. The van der Waals surface area contributed by atoms with Gasteiger partial charge >= 0.3 is 11.9 Å². The van der Waals surface area contributed by atoms with Crippen LogP contribution in [-0.2, 0) is 32.7 Å². The van der Waals surface area contributed by atoms with E-state index < -0.39 is 26.5 Å². The fourth-order valence-corrected chi connectivity index (χ4v) is 12.2. The van der Waals surface area contributed by atoms with Gasteiger partial charge in [0, 0.05) is 12.8 Å². The van der Waals surface area contributed by atoms with Crippen molar-refractivity contribution in [2.24, 2.45) is 0 Å².